The number of benzene rings is 3. The Bertz CT molecular complexity index is 1860. The molecule has 3 aromatic carbocycles. The molecule has 0 spiro atoms. The van der Waals surface area contributed by atoms with Crippen molar-refractivity contribution >= 4 is 45.0 Å². The zero-order valence-corrected chi connectivity index (χ0v) is 25.2. The topological polar surface area (TPSA) is 79.1 Å². The molecule has 1 atom stereocenters. The lowest BCUT2D eigenvalue weighted by Gasteiger charge is -2.25. The van der Waals surface area contributed by atoms with Crippen molar-refractivity contribution in [2.75, 3.05) is 20.3 Å². The second-order valence-electron chi connectivity index (χ2n) is 9.12. The van der Waals surface area contributed by atoms with Crippen molar-refractivity contribution in [3.63, 3.8) is 0 Å². The quantitative estimate of drug-likeness (QED) is 0.179. The smallest absolute Gasteiger partial charge is 0.338 e. The number of rotatable bonds is 9. The van der Waals surface area contributed by atoms with E-state index in [-0.39, 0.29) is 17.7 Å². The van der Waals surface area contributed by atoms with Crippen LogP contribution >= 0.6 is 27.3 Å². The standard InChI is InChI=1S/C32H26BrFN2O5S/c1-4-15-41-29-23(33)16-19(17-24(29)39-3)18-25-30(37)36-28(21-11-13-22(34)14-12-21)26(31(38)40-5-2)27(35-32(36)42-25)20-9-7-6-8-10-20/h4,6-14,16-18,28H,1,5,15H2,2-3H3/b25-18-/t28-/m1/s1. The maximum absolute atomic E-state index is 14.0. The van der Waals surface area contributed by atoms with E-state index in [0.717, 1.165) is 0 Å². The number of thiazole rings is 1. The molecule has 7 nitrogen and oxygen atoms in total. The summed E-state index contributed by atoms with van der Waals surface area (Å²) in [6.45, 7) is 5.82. The summed E-state index contributed by atoms with van der Waals surface area (Å²) in [4.78, 5) is 32.7. The third kappa shape index (κ3) is 5.73. The summed E-state index contributed by atoms with van der Waals surface area (Å²) >= 11 is 4.72. The number of hydrogen-bond donors (Lipinski definition) is 0. The Kier molecular flexibility index (Phi) is 8.84. The molecule has 0 N–H and O–H groups in total. The Labute approximate surface area is 253 Å². The number of carbonyl (C=O) groups excluding carboxylic acids is 1. The van der Waals surface area contributed by atoms with Gasteiger partial charge in [0.1, 0.15) is 12.4 Å². The fourth-order valence-corrected chi connectivity index (χ4v) is 6.23. The SMILES string of the molecule is C=CCOc1c(Br)cc(/C=c2\sc3n(c2=O)[C@H](c2ccc(F)cc2)C(C(=O)OCC)=C(c2ccccc2)N=3)cc1OC. The predicted molar refractivity (Wildman–Crippen MR) is 164 cm³/mol. The normalized spacial score (nSPS) is 14.7. The molecule has 0 saturated heterocycles. The van der Waals surface area contributed by atoms with Gasteiger partial charge in [-0.15, -0.1) is 0 Å². The van der Waals surface area contributed by atoms with Crippen LogP contribution in [0.4, 0.5) is 4.39 Å². The average molecular weight is 650 g/mol. The van der Waals surface area contributed by atoms with Crippen LogP contribution in [0.25, 0.3) is 11.8 Å². The highest BCUT2D eigenvalue weighted by Crippen LogP contribution is 2.37. The van der Waals surface area contributed by atoms with Crippen LogP contribution < -0.4 is 24.4 Å². The van der Waals surface area contributed by atoms with E-state index in [1.54, 1.807) is 37.3 Å². The lowest BCUT2D eigenvalue weighted by molar-refractivity contribution is -0.138. The lowest BCUT2D eigenvalue weighted by Crippen LogP contribution is -2.40. The Morgan fingerprint density at radius 1 is 1.17 bits per heavy atom. The highest BCUT2D eigenvalue weighted by Gasteiger charge is 2.35. The van der Waals surface area contributed by atoms with Gasteiger partial charge in [-0.3, -0.25) is 9.36 Å². The number of hydrogen-bond acceptors (Lipinski definition) is 7. The second kappa shape index (κ2) is 12.7. The van der Waals surface area contributed by atoms with Crippen LogP contribution in [0.3, 0.4) is 0 Å². The van der Waals surface area contributed by atoms with E-state index in [0.29, 0.717) is 54.3 Å². The minimum absolute atomic E-state index is 0.133. The molecule has 1 aliphatic heterocycles. The molecule has 214 valence electrons. The third-order valence-corrected chi connectivity index (χ3v) is 8.03. The number of aromatic nitrogens is 1. The fraction of sp³-hybridized carbons (Fsp3) is 0.156. The van der Waals surface area contributed by atoms with Crippen molar-refractivity contribution in [2.24, 2.45) is 4.99 Å². The van der Waals surface area contributed by atoms with Crippen LogP contribution in [0.2, 0.25) is 0 Å². The van der Waals surface area contributed by atoms with Gasteiger partial charge in [-0.05, 0) is 64.3 Å². The van der Waals surface area contributed by atoms with Gasteiger partial charge in [-0.25, -0.2) is 14.2 Å². The summed E-state index contributed by atoms with van der Waals surface area (Å²) in [6, 6.07) is 17.6. The van der Waals surface area contributed by atoms with Gasteiger partial charge in [0, 0.05) is 5.56 Å². The van der Waals surface area contributed by atoms with Gasteiger partial charge in [-0.2, -0.15) is 0 Å². The van der Waals surface area contributed by atoms with Crippen molar-refractivity contribution < 1.29 is 23.4 Å². The first-order valence-corrected chi connectivity index (χ1v) is 14.6. The Hall–Kier alpha value is -4.28. The van der Waals surface area contributed by atoms with E-state index in [4.69, 9.17) is 19.2 Å². The molecule has 0 fully saturated rings. The van der Waals surface area contributed by atoms with E-state index in [1.807, 2.05) is 36.4 Å². The molecule has 0 amide bonds. The second-order valence-corrected chi connectivity index (χ2v) is 11.0. The summed E-state index contributed by atoms with van der Waals surface area (Å²) in [5.41, 5.74) is 2.15. The summed E-state index contributed by atoms with van der Waals surface area (Å²) in [5.74, 6) is -0.0482. The van der Waals surface area contributed by atoms with Crippen molar-refractivity contribution in [1.29, 1.82) is 0 Å². The molecule has 0 saturated carbocycles. The Morgan fingerprint density at radius 2 is 1.90 bits per heavy atom. The molecule has 42 heavy (non-hydrogen) atoms. The molecule has 0 aliphatic carbocycles. The van der Waals surface area contributed by atoms with Gasteiger partial charge in [0.15, 0.2) is 16.3 Å². The monoisotopic (exact) mass is 648 g/mol. The highest BCUT2D eigenvalue weighted by molar-refractivity contribution is 9.10. The minimum Gasteiger partial charge on any atom is -0.493 e. The number of carbonyl (C=O) groups is 1. The van der Waals surface area contributed by atoms with E-state index in [2.05, 4.69) is 22.5 Å². The van der Waals surface area contributed by atoms with Crippen LogP contribution in [-0.2, 0) is 9.53 Å². The van der Waals surface area contributed by atoms with Crippen LogP contribution in [0, 0.1) is 5.82 Å². The number of fused-ring (bicyclic) bond motifs is 1. The van der Waals surface area contributed by atoms with Gasteiger partial charge >= 0.3 is 5.97 Å². The van der Waals surface area contributed by atoms with Crippen LogP contribution in [0.1, 0.15) is 29.7 Å². The molecule has 1 aromatic heterocycles. The van der Waals surface area contributed by atoms with Crippen LogP contribution in [-0.4, -0.2) is 30.9 Å². The number of nitrogens with zero attached hydrogens (tertiary/aromatic N) is 2. The van der Waals surface area contributed by atoms with Gasteiger partial charge in [0.25, 0.3) is 5.56 Å². The molecule has 0 radical (unpaired) electrons. The molecule has 4 aromatic rings. The number of esters is 1. The maximum atomic E-state index is 14.0. The van der Waals surface area contributed by atoms with E-state index in [9.17, 15) is 14.0 Å². The number of ether oxygens (including phenoxy) is 3. The van der Waals surface area contributed by atoms with Crippen LogP contribution in [0.5, 0.6) is 11.5 Å². The van der Waals surface area contributed by atoms with E-state index >= 15 is 0 Å². The average Bonchev–Trinajstić information content (AvgIpc) is 3.30. The van der Waals surface area contributed by atoms with Crippen molar-refractivity contribution in [3.8, 4) is 11.5 Å². The van der Waals surface area contributed by atoms with E-state index in [1.165, 1.54) is 35.1 Å². The lowest BCUT2D eigenvalue weighted by atomic mass is 9.93. The molecular weight excluding hydrogens is 623 g/mol. The summed E-state index contributed by atoms with van der Waals surface area (Å²) in [5, 5.41) is 0. The van der Waals surface area contributed by atoms with Crippen molar-refractivity contribution in [2.45, 2.75) is 13.0 Å². The zero-order chi connectivity index (χ0) is 29.8. The van der Waals surface area contributed by atoms with Gasteiger partial charge in [0.05, 0.1) is 40.0 Å². The Morgan fingerprint density at radius 3 is 2.57 bits per heavy atom. The van der Waals surface area contributed by atoms with Gasteiger partial charge in [0.2, 0.25) is 0 Å². The first-order valence-electron chi connectivity index (χ1n) is 13.0. The van der Waals surface area contributed by atoms with Gasteiger partial charge in [-0.1, -0.05) is 66.5 Å². The molecular formula is C32H26BrFN2O5S. The molecule has 0 unspecified atom stereocenters. The fourth-order valence-electron chi connectivity index (χ4n) is 4.66. The molecule has 10 heteroatoms. The molecule has 1 aliphatic rings. The molecule has 5 rings (SSSR count). The summed E-state index contributed by atoms with van der Waals surface area (Å²) < 4.78 is 33.2. The largest absolute Gasteiger partial charge is 0.493 e. The first-order chi connectivity index (χ1) is 20.4. The zero-order valence-electron chi connectivity index (χ0n) is 22.8. The minimum atomic E-state index is -0.894. The van der Waals surface area contributed by atoms with Crippen molar-refractivity contribution in [1.82, 2.24) is 4.57 Å². The maximum Gasteiger partial charge on any atom is 0.338 e. The molecule has 2 heterocycles. The third-order valence-electron chi connectivity index (χ3n) is 6.45. The van der Waals surface area contributed by atoms with Crippen molar-refractivity contribution in [3.05, 3.63) is 132 Å². The predicted octanol–water partition coefficient (Wildman–Crippen LogP) is 5.41. The molecule has 0 bridgehead atoms. The first kappa shape index (κ1) is 29.2. The highest BCUT2D eigenvalue weighted by atomic mass is 79.9. The summed E-state index contributed by atoms with van der Waals surface area (Å²) in [7, 11) is 1.53. The van der Waals surface area contributed by atoms with Crippen LogP contribution in [0.15, 0.2) is 99.2 Å². The van der Waals surface area contributed by atoms with Gasteiger partial charge < -0.3 is 14.2 Å². The van der Waals surface area contributed by atoms with E-state index < -0.39 is 17.8 Å². The number of methoxy groups -OCH3 is 1. The number of halogens is 2. The Balaban J connectivity index is 1.77. The summed E-state index contributed by atoms with van der Waals surface area (Å²) in [6.07, 6.45) is 3.36.